The summed E-state index contributed by atoms with van der Waals surface area (Å²) in [5, 5.41) is 11.6. The minimum atomic E-state index is -3.64. The molecule has 9 nitrogen and oxygen atoms in total. The number of nitrogens with zero attached hydrogens (tertiary/aromatic N) is 3. The Kier molecular flexibility index (Phi) is 9.38. The number of anilines is 1. The van der Waals surface area contributed by atoms with E-state index in [0.29, 0.717) is 24.5 Å². The van der Waals surface area contributed by atoms with Crippen molar-refractivity contribution in [2.45, 2.75) is 32.9 Å². The summed E-state index contributed by atoms with van der Waals surface area (Å²) >= 11 is 0.742. The molecule has 1 aromatic heterocycles. The van der Waals surface area contributed by atoms with Gasteiger partial charge in [-0.2, -0.15) is 14.6 Å². The van der Waals surface area contributed by atoms with Crippen LogP contribution in [0.1, 0.15) is 30.5 Å². The summed E-state index contributed by atoms with van der Waals surface area (Å²) in [5.41, 5.74) is 2.58. The van der Waals surface area contributed by atoms with Crippen LogP contribution in [0.15, 0.2) is 53.2 Å². The average Bonchev–Trinajstić information content (AvgIpc) is 3.31. The van der Waals surface area contributed by atoms with Gasteiger partial charge in [-0.1, -0.05) is 44.2 Å². The Morgan fingerprint density at radius 3 is 2.38 bits per heavy atom. The standard InChI is InChI=1S/C26H28N4O5S2/c1-17(2)16-37(32,33)26-29-25(36-30-26)28-24(31)21(15-27)14-20-8-10-22(11-9-20)34-12-13-35-23-18(3)6-5-7-19(23)4/h5-11,14,17H,12-13,16H2,1-4H3,(H,28,29,30,31)/b21-14-. The average molecular weight is 541 g/mol. The minimum absolute atomic E-state index is 0.000313. The summed E-state index contributed by atoms with van der Waals surface area (Å²) in [6, 6.07) is 14.7. The number of hydrogen-bond donors (Lipinski definition) is 1. The number of rotatable bonds is 11. The highest BCUT2D eigenvalue weighted by atomic mass is 32.2. The van der Waals surface area contributed by atoms with Crippen molar-refractivity contribution in [1.82, 2.24) is 9.36 Å². The molecular formula is C26H28N4O5S2. The Morgan fingerprint density at radius 2 is 1.76 bits per heavy atom. The highest BCUT2D eigenvalue weighted by Crippen LogP contribution is 2.23. The van der Waals surface area contributed by atoms with E-state index in [9.17, 15) is 18.5 Å². The van der Waals surface area contributed by atoms with E-state index in [1.165, 1.54) is 6.08 Å². The molecule has 1 amide bonds. The van der Waals surface area contributed by atoms with Crippen LogP contribution in [0.5, 0.6) is 11.5 Å². The predicted molar refractivity (Wildman–Crippen MR) is 142 cm³/mol. The Hall–Kier alpha value is -3.75. The second kappa shape index (κ2) is 12.5. The number of ether oxygens (including phenoxy) is 2. The first-order chi connectivity index (χ1) is 17.6. The molecule has 0 atom stereocenters. The van der Waals surface area contributed by atoms with Crippen LogP contribution in [0.25, 0.3) is 6.08 Å². The number of sulfone groups is 1. The molecule has 0 radical (unpaired) electrons. The van der Waals surface area contributed by atoms with Crippen molar-refractivity contribution in [3.63, 3.8) is 0 Å². The molecule has 11 heteroatoms. The SMILES string of the molecule is Cc1cccc(C)c1OCCOc1ccc(/C=C(/C#N)C(=O)Nc2nc(S(=O)(=O)CC(C)C)ns2)cc1. The molecule has 0 saturated carbocycles. The molecule has 0 bridgehead atoms. The van der Waals surface area contributed by atoms with Gasteiger partial charge in [0.15, 0.2) is 0 Å². The van der Waals surface area contributed by atoms with Crippen molar-refractivity contribution in [3.8, 4) is 17.6 Å². The third-order valence-electron chi connectivity index (χ3n) is 5.02. The molecule has 3 aromatic rings. The van der Waals surface area contributed by atoms with E-state index in [1.54, 1.807) is 38.1 Å². The first kappa shape index (κ1) is 27.8. The Balaban J connectivity index is 1.56. The van der Waals surface area contributed by atoms with Gasteiger partial charge in [-0.05, 0) is 54.7 Å². The van der Waals surface area contributed by atoms with E-state index < -0.39 is 15.7 Å². The zero-order valence-corrected chi connectivity index (χ0v) is 22.6. The Bertz CT molecular complexity index is 1400. The normalized spacial score (nSPS) is 11.7. The molecule has 0 aliphatic rings. The number of nitriles is 1. The van der Waals surface area contributed by atoms with Crippen molar-refractivity contribution in [1.29, 1.82) is 5.26 Å². The summed E-state index contributed by atoms with van der Waals surface area (Å²) in [7, 11) is -3.64. The predicted octanol–water partition coefficient (Wildman–Crippen LogP) is 4.59. The van der Waals surface area contributed by atoms with Crippen molar-refractivity contribution in [2.75, 3.05) is 24.3 Å². The summed E-state index contributed by atoms with van der Waals surface area (Å²) in [5.74, 6) is 0.577. The third-order valence-corrected chi connectivity index (χ3v) is 7.61. The van der Waals surface area contributed by atoms with Crippen LogP contribution in [-0.4, -0.2) is 42.6 Å². The van der Waals surface area contributed by atoms with Crippen LogP contribution >= 0.6 is 11.5 Å². The summed E-state index contributed by atoms with van der Waals surface area (Å²) in [6.45, 7) is 8.28. The van der Waals surface area contributed by atoms with Crippen molar-refractivity contribution >= 4 is 38.5 Å². The topological polar surface area (TPSA) is 131 Å². The van der Waals surface area contributed by atoms with Gasteiger partial charge < -0.3 is 9.47 Å². The molecule has 0 aliphatic carbocycles. The molecule has 2 aromatic carbocycles. The number of para-hydroxylation sites is 1. The van der Waals surface area contributed by atoms with Gasteiger partial charge in [0.05, 0.1) is 5.75 Å². The van der Waals surface area contributed by atoms with Crippen LogP contribution in [0, 0.1) is 31.1 Å². The van der Waals surface area contributed by atoms with Crippen LogP contribution in [0.4, 0.5) is 5.13 Å². The molecule has 1 heterocycles. The lowest BCUT2D eigenvalue weighted by molar-refractivity contribution is -0.112. The van der Waals surface area contributed by atoms with Gasteiger partial charge in [0, 0.05) is 11.5 Å². The summed E-state index contributed by atoms with van der Waals surface area (Å²) in [6.07, 6.45) is 1.42. The maximum Gasteiger partial charge on any atom is 0.268 e. The molecule has 37 heavy (non-hydrogen) atoms. The smallest absolute Gasteiger partial charge is 0.268 e. The molecule has 3 rings (SSSR count). The quantitative estimate of drug-likeness (QED) is 0.212. The number of carbonyl (C=O) groups is 1. The number of amides is 1. The Morgan fingerprint density at radius 1 is 1.11 bits per heavy atom. The monoisotopic (exact) mass is 540 g/mol. The maximum atomic E-state index is 12.5. The lowest BCUT2D eigenvalue weighted by Gasteiger charge is -2.12. The number of aryl methyl sites for hydroxylation is 2. The minimum Gasteiger partial charge on any atom is -0.490 e. The van der Waals surface area contributed by atoms with E-state index in [1.807, 2.05) is 38.1 Å². The Labute approximate surface area is 220 Å². The molecule has 1 N–H and O–H groups in total. The molecular weight excluding hydrogens is 512 g/mol. The van der Waals surface area contributed by atoms with Gasteiger partial charge in [0.2, 0.25) is 15.0 Å². The van der Waals surface area contributed by atoms with Crippen LogP contribution in [0.3, 0.4) is 0 Å². The fourth-order valence-electron chi connectivity index (χ4n) is 3.37. The van der Waals surface area contributed by atoms with E-state index >= 15 is 0 Å². The van der Waals surface area contributed by atoms with Crippen LogP contribution in [0.2, 0.25) is 0 Å². The largest absolute Gasteiger partial charge is 0.490 e. The zero-order valence-electron chi connectivity index (χ0n) is 21.0. The first-order valence-electron chi connectivity index (χ1n) is 11.5. The second-order valence-electron chi connectivity index (χ2n) is 8.67. The third kappa shape index (κ3) is 7.87. The van der Waals surface area contributed by atoms with Crippen LogP contribution in [-0.2, 0) is 14.6 Å². The van der Waals surface area contributed by atoms with E-state index in [0.717, 1.165) is 28.4 Å². The van der Waals surface area contributed by atoms with Gasteiger partial charge >= 0.3 is 0 Å². The maximum absolute atomic E-state index is 12.5. The van der Waals surface area contributed by atoms with Gasteiger partial charge in [0.25, 0.3) is 11.1 Å². The lowest BCUT2D eigenvalue weighted by Crippen LogP contribution is -2.15. The highest BCUT2D eigenvalue weighted by molar-refractivity contribution is 7.91. The van der Waals surface area contributed by atoms with E-state index in [4.69, 9.17) is 9.47 Å². The van der Waals surface area contributed by atoms with Crippen molar-refractivity contribution < 1.29 is 22.7 Å². The fraction of sp³-hybridized carbons (Fsp3) is 0.308. The van der Waals surface area contributed by atoms with Crippen molar-refractivity contribution in [3.05, 3.63) is 64.7 Å². The highest BCUT2D eigenvalue weighted by Gasteiger charge is 2.23. The molecule has 0 saturated heterocycles. The molecule has 194 valence electrons. The number of aromatic nitrogens is 2. The molecule has 0 fully saturated rings. The summed E-state index contributed by atoms with van der Waals surface area (Å²) < 4.78 is 39.9. The lowest BCUT2D eigenvalue weighted by atomic mass is 10.1. The molecule has 0 spiro atoms. The number of carbonyl (C=O) groups excluding carboxylic acids is 1. The van der Waals surface area contributed by atoms with E-state index in [-0.39, 0.29) is 27.5 Å². The number of benzene rings is 2. The van der Waals surface area contributed by atoms with Crippen molar-refractivity contribution in [2.24, 2.45) is 5.92 Å². The first-order valence-corrected chi connectivity index (χ1v) is 13.9. The summed E-state index contributed by atoms with van der Waals surface area (Å²) in [4.78, 5) is 16.4. The number of nitrogens with one attached hydrogen (secondary N) is 1. The van der Waals surface area contributed by atoms with Gasteiger partial charge in [-0.25, -0.2) is 8.42 Å². The fourth-order valence-corrected chi connectivity index (χ4v) is 5.72. The zero-order chi connectivity index (χ0) is 27.0. The van der Waals surface area contributed by atoms with E-state index in [2.05, 4.69) is 14.7 Å². The molecule has 0 aliphatic heterocycles. The number of hydrogen-bond acceptors (Lipinski definition) is 9. The van der Waals surface area contributed by atoms with Crippen LogP contribution < -0.4 is 14.8 Å². The molecule has 0 unspecified atom stereocenters. The van der Waals surface area contributed by atoms with Gasteiger partial charge in [0.1, 0.15) is 36.4 Å². The second-order valence-corrected chi connectivity index (χ2v) is 11.3. The van der Waals surface area contributed by atoms with Gasteiger partial charge in [-0.15, -0.1) is 0 Å². The van der Waals surface area contributed by atoms with Gasteiger partial charge in [-0.3, -0.25) is 10.1 Å².